The number of fused-ring (bicyclic) bond motifs is 3. The van der Waals surface area contributed by atoms with Crippen LogP contribution in [0.4, 0.5) is 0 Å². The number of benzene rings is 1. The van der Waals surface area contributed by atoms with Crippen molar-refractivity contribution in [1.29, 1.82) is 0 Å². The van der Waals surface area contributed by atoms with E-state index in [4.69, 9.17) is 42.6 Å². The Kier molecular flexibility index (Phi) is 14.2. The number of ether oxygens (including phenoxy) is 9. The van der Waals surface area contributed by atoms with Gasteiger partial charge in [-0.3, -0.25) is 9.00 Å². The van der Waals surface area contributed by atoms with Crippen molar-refractivity contribution in [2.75, 3.05) is 25.6 Å². The van der Waals surface area contributed by atoms with Crippen molar-refractivity contribution in [2.45, 2.75) is 160 Å². The van der Waals surface area contributed by atoms with Crippen molar-refractivity contribution in [3.05, 3.63) is 29.8 Å². The fourth-order valence-corrected chi connectivity index (χ4v) is 11.9. The van der Waals surface area contributed by atoms with Crippen LogP contribution < -0.4 is 0 Å². The summed E-state index contributed by atoms with van der Waals surface area (Å²) in [6.07, 6.45) is -32.7. The summed E-state index contributed by atoms with van der Waals surface area (Å²) in [7, 11) is -1.99. The Morgan fingerprint density at radius 1 is 0.769 bits per heavy atom. The number of rotatable bonds is 10. The average molecular weight is 953 g/mol. The molecule has 25 unspecified atom stereocenters. The smallest absolute Gasteiger partial charge is 0.338 e. The lowest BCUT2D eigenvalue weighted by molar-refractivity contribution is -0.387. The van der Waals surface area contributed by atoms with Gasteiger partial charge in [-0.05, 0) is 37.6 Å². The van der Waals surface area contributed by atoms with Crippen molar-refractivity contribution in [1.82, 2.24) is 0 Å². The topological polar surface area (TPSA) is 377 Å². The molecule has 1 aliphatic carbocycles. The Hall–Kier alpha value is -2.45. The normalized spacial score (nSPS) is 51.1. The van der Waals surface area contributed by atoms with Crippen molar-refractivity contribution >= 4 is 22.6 Å². The Bertz CT molecular complexity index is 1900. The molecule has 0 amide bonds. The molecular weight excluding hydrogens is 896 g/mol. The lowest BCUT2D eigenvalue weighted by Crippen LogP contribution is -2.67. The highest BCUT2D eigenvalue weighted by Crippen LogP contribution is 2.53. The third-order valence-electron chi connectivity index (χ3n) is 13.7. The zero-order valence-corrected chi connectivity index (χ0v) is 35.7. The number of esters is 1. The van der Waals surface area contributed by atoms with E-state index in [1.807, 2.05) is 0 Å². The standard InChI is InChI=1S/C40H56O24S/c1-13-11-56-39(8-18(13)58-34(52)15-3-5-16(43)6-4-15)38(53)40(54)22(44)7-17-21(12-65(55)32(17)33(40)64-39)61-37-31(27(49)24(46)19(9-41)60-37)63-36-29(51)30(25(47)20(10-42)59-36)62-35-28(50)26(48)23(45)14(2)57-35/h3-6,13-14,17-33,35-37,41-51,54H,7-12H2,1-2H3. The summed E-state index contributed by atoms with van der Waals surface area (Å²) in [5, 5.41) is 128. The quantitative estimate of drug-likeness (QED) is 0.0971. The third kappa shape index (κ3) is 8.57. The molecule has 366 valence electrons. The van der Waals surface area contributed by atoms with Gasteiger partial charge < -0.3 is 104 Å². The van der Waals surface area contributed by atoms with E-state index < -0.39 is 194 Å². The van der Waals surface area contributed by atoms with Crippen LogP contribution in [-0.2, 0) is 58.2 Å². The van der Waals surface area contributed by atoms with E-state index in [0.29, 0.717) is 0 Å². The molecule has 0 aromatic heterocycles. The fourth-order valence-electron chi connectivity index (χ4n) is 9.81. The van der Waals surface area contributed by atoms with Gasteiger partial charge in [-0.1, -0.05) is 6.92 Å². The van der Waals surface area contributed by atoms with E-state index in [0.717, 1.165) is 0 Å². The molecular formula is C40H56O24S. The highest BCUT2D eigenvalue weighted by atomic mass is 32.2. The summed E-state index contributed by atoms with van der Waals surface area (Å²) in [6, 6.07) is 5.26. The molecule has 12 N–H and O–H groups in total. The molecule has 6 aliphatic heterocycles. The number of aliphatic hydroxyl groups excluding tert-OH is 10. The van der Waals surface area contributed by atoms with E-state index in [1.54, 1.807) is 6.92 Å². The number of Topliss-reactive ketones (excluding diaryl/α,β-unsaturated/α-hetero) is 1. The second kappa shape index (κ2) is 18.8. The number of phenolic OH excluding ortho intramolecular Hbond substituents is 1. The molecule has 7 fully saturated rings. The van der Waals surface area contributed by atoms with Crippen LogP contribution in [-0.4, -0.2) is 236 Å². The van der Waals surface area contributed by atoms with Crippen LogP contribution in [0.5, 0.6) is 5.75 Å². The molecule has 1 spiro atoms. The van der Waals surface area contributed by atoms with Crippen molar-refractivity contribution in [3.8, 4) is 5.75 Å². The minimum atomic E-state index is -2.65. The second-order valence-corrected chi connectivity index (χ2v) is 19.5. The summed E-state index contributed by atoms with van der Waals surface area (Å²) in [5.41, 5.74) is -2.55. The molecule has 7 aliphatic rings. The first-order valence-corrected chi connectivity index (χ1v) is 22.7. The largest absolute Gasteiger partial charge is 0.508 e. The first-order valence-electron chi connectivity index (χ1n) is 21.3. The van der Waals surface area contributed by atoms with E-state index in [1.165, 1.54) is 31.2 Å². The number of aromatic hydroxyl groups is 1. The molecule has 25 atom stereocenters. The van der Waals surface area contributed by atoms with Gasteiger partial charge >= 0.3 is 5.97 Å². The van der Waals surface area contributed by atoms with Crippen LogP contribution >= 0.6 is 0 Å². The van der Waals surface area contributed by atoms with Gasteiger partial charge in [0, 0.05) is 29.1 Å². The van der Waals surface area contributed by atoms with Crippen molar-refractivity contribution in [3.63, 3.8) is 0 Å². The maximum atomic E-state index is 14.3. The van der Waals surface area contributed by atoms with Gasteiger partial charge in [-0.2, -0.15) is 0 Å². The molecule has 6 saturated heterocycles. The highest BCUT2D eigenvalue weighted by Gasteiger charge is 2.75. The molecule has 1 aromatic carbocycles. The van der Waals surface area contributed by atoms with Gasteiger partial charge in [-0.15, -0.1) is 0 Å². The summed E-state index contributed by atoms with van der Waals surface area (Å²) in [6.45, 7) is 1.12. The fraction of sp³-hybridized carbons (Fsp3) is 0.800. The minimum Gasteiger partial charge on any atom is -0.508 e. The number of carbonyl (C=O) groups excluding carboxylic acids is 2. The minimum absolute atomic E-state index is 0.0819. The molecule has 1 aromatic rings. The second-order valence-electron chi connectivity index (χ2n) is 17.8. The Labute approximate surface area is 372 Å². The molecule has 65 heavy (non-hydrogen) atoms. The predicted octanol–water partition coefficient (Wildman–Crippen LogP) is -6.26. The van der Waals surface area contributed by atoms with Crippen molar-refractivity contribution < 1.29 is 118 Å². The van der Waals surface area contributed by atoms with Gasteiger partial charge in [0.2, 0.25) is 11.6 Å². The van der Waals surface area contributed by atoms with Gasteiger partial charge in [0.25, 0.3) is 0 Å². The lowest BCUT2D eigenvalue weighted by atomic mass is 9.70. The average Bonchev–Trinajstić information content (AvgIpc) is 3.70. The number of hydrogen-bond acceptors (Lipinski definition) is 24. The van der Waals surface area contributed by atoms with Crippen LogP contribution in [0, 0.1) is 11.8 Å². The van der Waals surface area contributed by atoms with Gasteiger partial charge in [0.15, 0.2) is 24.5 Å². The van der Waals surface area contributed by atoms with Crippen LogP contribution in [0.25, 0.3) is 0 Å². The molecule has 1 saturated carbocycles. The summed E-state index contributed by atoms with van der Waals surface area (Å²) in [5.74, 6) is -5.96. The van der Waals surface area contributed by atoms with Crippen molar-refractivity contribution in [2.24, 2.45) is 11.8 Å². The monoisotopic (exact) mass is 952 g/mol. The molecule has 8 rings (SSSR count). The number of carbonyl (C=O) groups is 2. The predicted molar refractivity (Wildman–Crippen MR) is 208 cm³/mol. The number of hydrogen-bond donors (Lipinski definition) is 12. The zero-order valence-electron chi connectivity index (χ0n) is 34.9. The van der Waals surface area contributed by atoms with E-state index in [9.17, 15) is 75.1 Å². The Balaban J connectivity index is 1.01. The van der Waals surface area contributed by atoms with Gasteiger partial charge in [0.05, 0.1) is 54.7 Å². The molecule has 0 bridgehead atoms. The van der Waals surface area contributed by atoms with Gasteiger partial charge in [-0.25, -0.2) is 4.79 Å². The number of aliphatic hydroxyl groups is 11. The molecule has 24 nitrogen and oxygen atoms in total. The maximum Gasteiger partial charge on any atom is 0.338 e. The number of ketones is 1. The zero-order chi connectivity index (χ0) is 47.0. The first kappa shape index (κ1) is 49.0. The summed E-state index contributed by atoms with van der Waals surface area (Å²) in [4.78, 5) is 27.3. The van der Waals surface area contributed by atoms with Crippen LogP contribution in [0.1, 0.15) is 37.0 Å². The Morgan fingerprint density at radius 3 is 2.08 bits per heavy atom. The SMILES string of the molecule is CC1COC2(CC1OC(=O)c1ccc(O)cc1)OC1C3C(CC(O)C1(O)C2=O)C(OC1OC(CO)C(O)C(O)C1OC1OC(CO)C(O)C(OC2OC(C)C(O)C(O)C2O)C1O)CS3=O. The van der Waals surface area contributed by atoms with Crippen LogP contribution in [0.2, 0.25) is 0 Å². The van der Waals surface area contributed by atoms with Crippen LogP contribution in [0.15, 0.2) is 24.3 Å². The lowest BCUT2D eigenvalue weighted by Gasteiger charge is -2.48. The number of phenols is 1. The van der Waals surface area contributed by atoms with Gasteiger partial charge in [0.1, 0.15) is 85.1 Å². The van der Waals surface area contributed by atoms with E-state index >= 15 is 0 Å². The summed E-state index contributed by atoms with van der Waals surface area (Å²) >= 11 is 0. The van der Waals surface area contributed by atoms with E-state index in [-0.39, 0.29) is 23.7 Å². The first-order chi connectivity index (χ1) is 30.7. The third-order valence-corrected chi connectivity index (χ3v) is 15.5. The summed E-state index contributed by atoms with van der Waals surface area (Å²) < 4.78 is 66.8. The molecule has 0 radical (unpaired) electrons. The molecule has 25 heteroatoms. The highest BCUT2D eigenvalue weighted by molar-refractivity contribution is 7.86. The molecule has 6 heterocycles. The van der Waals surface area contributed by atoms with E-state index in [2.05, 4.69) is 0 Å². The maximum absolute atomic E-state index is 14.3. The Morgan fingerprint density at radius 2 is 1.40 bits per heavy atom. The van der Waals surface area contributed by atoms with Crippen LogP contribution in [0.3, 0.4) is 0 Å².